The fourth-order valence-electron chi connectivity index (χ4n) is 1.01. The van der Waals surface area contributed by atoms with Gasteiger partial charge in [0.05, 0.1) is 5.75 Å². The van der Waals surface area contributed by atoms with E-state index in [1.807, 2.05) is 0 Å². The zero-order valence-electron chi connectivity index (χ0n) is 8.62. The Morgan fingerprint density at radius 2 is 2.07 bits per heavy atom. The number of carbonyl (C=O) groups excluding carboxylic acids is 1. The van der Waals surface area contributed by atoms with Crippen molar-refractivity contribution in [3.8, 4) is 0 Å². The van der Waals surface area contributed by atoms with Crippen LogP contribution in [-0.4, -0.2) is 38.9 Å². The van der Waals surface area contributed by atoms with Gasteiger partial charge in [-0.25, -0.2) is 8.42 Å². The van der Waals surface area contributed by atoms with E-state index in [4.69, 9.17) is 5.73 Å². The molecular formula is C8H18N2O3S. The topological polar surface area (TPSA) is 89.3 Å². The van der Waals surface area contributed by atoms with E-state index in [2.05, 4.69) is 5.32 Å². The fraction of sp³-hybridized carbons (Fsp3) is 0.875. The van der Waals surface area contributed by atoms with Crippen LogP contribution in [0, 0.1) is 5.92 Å². The second-order valence-electron chi connectivity index (χ2n) is 3.35. The third kappa shape index (κ3) is 5.93. The molecule has 0 bridgehead atoms. The van der Waals surface area contributed by atoms with Crippen LogP contribution < -0.4 is 11.1 Å². The van der Waals surface area contributed by atoms with Crippen LogP contribution in [0.2, 0.25) is 0 Å². The molecule has 0 aromatic rings. The van der Waals surface area contributed by atoms with Gasteiger partial charge in [-0.15, -0.1) is 0 Å². The molecule has 0 aliphatic rings. The summed E-state index contributed by atoms with van der Waals surface area (Å²) in [5, 5.41) is 2.44. The van der Waals surface area contributed by atoms with Crippen LogP contribution in [0.15, 0.2) is 0 Å². The molecule has 0 fully saturated rings. The van der Waals surface area contributed by atoms with E-state index in [1.54, 1.807) is 13.8 Å². The summed E-state index contributed by atoms with van der Waals surface area (Å²) < 4.78 is 22.7. The Morgan fingerprint density at radius 1 is 1.50 bits per heavy atom. The standard InChI is InChI=1S/C8H18N2O3S/c1-3-10-8(11)6-14(12,13)5-7(2)4-9/h7H,3-6,9H2,1-2H3,(H,10,11). The van der Waals surface area contributed by atoms with E-state index < -0.39 is 21.5 Å². The molecule has 0 aliphatic carbocycles. The van der Waals surface area contributed by atoms with Gasteiger partial charge in [0.25, 0.3) is 0 Å². The first kappa shape index (κ1) is 13.4. The minimum Gasteiger partial charge on any atom is -0.356 e. The predicted molar refractivity (Wildman–Crippen MR) is 55.6 cm³/mol. The normalized spacial score (nSPS) is 13.6. The summed E-state index contributed by atoms with van der Waals surface area (Å²) in [7, 11) is -3.31. The Morgan fingerprint density at radius 3 is 2.50 bits per heavy atom. The van der Waals surface area contributed by atoms with E-state index in [1.165, 1.54) is 0 Å². The Bertz CT molecular complexity index is 274. The molecule has 0 heterocycles. The average molecular weight is 222 g/mol. The third-order valence-corrected chi connectivity index (χ3v) is 3.44. The number of hydrogen-bond acceptors (Lipinski definition) is 4. The lowest BCUT2D eigenvalue weighted by Crippen LogP contribution is -2.33. The number of hydrogen-bond donors (Lipinski definition) is 2. The van der Waals surface area contributed by atoms with Crippen molar-refractivity contribution in [1.82, 2.24) is 5.32 Å². The van der Waals surface area contributed by atoms with E-state index in [9.17, 15) is 13.2 Å². The van der Waals surface area contributed by atoms with Crippen LogP contribution in [0.4, 0.5) is 0 Å². The molecule has 0 aromatic carbocycles. The van der Waals surface area contributed by atoms with Gasteiger partial charge in [-0.3, -0.25) is 4.79 Å². The van der Waals surface area contributed by atoms with Crippen molar-refractivity contribution >= 4 is 15.7 Å². The van der Waals surface area contributed by atoms with Crippen molar-refractivity contribution in [2.24, 2.45) is 11.7 Å². The maximum absolute atomic E-state index is 11.4. The van der Waals surface area contributed by atoms with Crippen molar-refractivity contribution in [3.05, 3.63) is 0 Å². The van der Waals surface area contributed by atoms with Crippen LogP contribution in [0.25, 0.3) is 0 Å². The van der Waals surface area contributed by atoms with Gasteiger partial charge in [0, 0.05) is 6.54 Å². The quantitative estimate of drug-likeness (QED) is 0.611. The second kappa shape index (κ2) is 5.98. The highest BCUT2D eigenvalue weighted by molar-refractivity contribution is 7.92. The molecule has 0 rings (SSSR count). The number of rotatable bonds is 6. The molecule has 0 spiro atoms. The second-order valence-corrected chi connectivity index (χ2v) is 5.46. The molecular weight excluding hydrogens is 204 g/mol. The molecule has 0 saturated heterocycles. The molecule has 0 radical (unpaired) electrons. The van der Waals surface area contributed by atoms with Crippen LogP contribution in [-0.2, 0) is 14.6 Å². The molecule has 14 heavy (non-hydrogen) atoms. The predicted octanol–water partition coefficient (Wildman–Crippen LogP) is -0.868. The van der Waals surface area contributed by atoms with Gasteiger partial charge in [-0.2, -0.15) is 0 Å². The maximum atomic E-state index is 11.4. The number of sulfone groups is 1. The largest absolute Gasteiger partial charge is 0.356 e. The van der Waals surface area contributed by atoms with Gasteiger partial charge in [0.1, 0.15) is 5.75 Å². The molecule has 3 N–H and O–H groups in total. The van der Waals surface area contributed by atoms with Gasteiger partial charge in [-0.05, 0) is 19.4 Å². The Kier molecular flexibility index (Phi) is 5.71. The Labute approximate surface area is 85.0 Å². The highest BCUT2D eigenvalue weighted by Crippen LogP contribution is 2.00. The van der Waals surface area contributed by atoms with Crippen LogP contribution in [0.5, 0.6) is 0 Å². The van der Waals surface area contributed by atoms with Gasteiger partial charge < -0.3 is 11.1 Å². The monoisotopic (exact) mass is 222 g/mol. The van der Waals surface area contributed by atoms with E-state index >= 15 is 0 Å². The summed E-state index contributed by atoms with van der Waals surface area (Å²) in [6, 6.07) is 0. The summed E-state index contributed by atoms with van der Waals surface area (Å²) in [6.45, 7) is 4.25. The fourth-order valence-corrected chi connectivity index (χ4v) is 2.63. The minimum atomic E-state index is -3.31. The van der Waals surface area contributed by atoms with Gasteiger partial charge >= 0.3 is 0 Å². The van der Waals surface area contributed by atoms with E-state index in [0.29, 0.717) is 13.1 Å². The van der Waals surface area contributed by atoms with Crippen LogP contribution >= 0.6 is 0 Å². The molecule has 0 aromatic heterocycles. The van der Waals surface area contributed by atoms with Crippen molar-refractivity contribution in [1.29, 1.82) is 0 Å². The SMILES string of the molecule is CCNC(=O)CS(=O)(=O)CC(C)CN. The molecule has 1 amide bonds. The molecule has 84 valence electrons. The number of nitrogens with two attached hydrogens (primary N) is 1. The summed E-state index contributed by atoms with van der Waals surface area (Å²) in [5.41, 5.74) is 5.30. The lowest BCUT2D eigenvalue weighted by molar-refractivity contribution is -0.118. The molecule has 0 aliphatic heterocycles. The van der Waals surface area contributed by atoms with Gasteiger partial charge in [0.2, 0.25) is 5.91 Å². The van der Waals surface area contributed by atoms with E-state index in [-0.39, 0.29) is 11.7 Å². The summed E-state index contributed by atoms with van der Waals surface area (Å²) in [5.74, 6) is -1.02. The van der Waals surface area contributed by atoms with Crippen molar-refractivity contribution in [3.63, 3.8) is 0 Å². The molecule has 0 saturated carbocycles. The zero-order valence-corrected chi connectivity index (χ0v) is 9.43. The highest BCUT2D eigenvalue weighted by Gasteiger charge is 2.18. The third-order valence-electron chi connectivity index (χ3n) is 1.67. The Balaban J connectivity index is 4.14. The number of nitrogens with one attached hydrogen (secondary N) is 1. The molecule has 1 atom stereocenters. The summed E-state index contributed by atoms with van der Waals surface area (Å²) >= 11 is 0. The summed E-state index contributed by atoms with van der Waals surface area (Å²) in [4.78, 5) is 11.0. The Hall–Kier alpha value is -0.620. The van der Waals surface area contributed by atoms with Crippen LogP contribution in [0.1, 0.15) is 13.8 Å². The van der Waals surface area contributed by atoms with Crippen molar-refractivity contribution in [2.75, 3.05) is 24.6 Å². The maximum Gasteiger partial charge on any atom is 0.235 e. The van der Waals surface area contributed by atoms with Gasteiger partial charge in [-0.1, -0.05) is 6.92 Å². The number of amides is 1. The first-order valence-corrected chi connectivity index (χ1v) is 6.40. The molecule has 1 unspecified atom stereocenters. The van der Waals surface area contributed by atoms with Gasteiger partial charge in [0.15, 0.2) is 9.84 Å². The van der Waals surface area contributed by atoms with E-state index in [0.717, 1.165) is 0 Å². The zero-order chi connectivity index (χ0) is 11.2. The first-order chi connectivity index (χ1) is 6.41. The number of carbonyl (C=O) groups is 1. The minimum absolute atomic E-state index is 0.0271. The molecule has 5 nitrogen and oxygen atoms in total. The van der Waals surface area contributed by atoms with Crippen molar-refractivity contribution in [2.45, 2.75) is 13.8 Å². The van der Waals surface area contributed by atoms with Crippen LogP contribution in [0.3, 0.4) is 0 Å². The smallest absolute Gasteiger partial charge is 0.235 e. The molecule has 6 heteroatoms. The average Bonchev–Trinajstić information content (AvgIpc) is 2.02. The lowest BCUT2D eigenvalue weighted by Gasteiger charge is -2.08. The lowest BCUT2D eigenvalue weighted by atomic mass is 10.2. The highest BCUT2D eigenvalue weighted by atomic mass is 32.2. The van der Waals surface area contributed by atoms with Crippen molar-refractivity contribution < 1.29 is 13.2 Å². The summed E-state index contributed by atoms with van der Waals surface area (Å²) in [6.07, 6.45) is 0. The first-order valence-electron chi connectivity index (χ1n) is 4.58.